The van der Waals surface area contributed by atoms with Gasteiger partial charge in [0.15, 0.2) is 0 Å². The van der Waals surface area contributed by atoms with Crippen LogP contribution < -0.4 is 11.0 Å². The average molecular weight is 456 g/mol. The van der Waals surface area contributed by atoms with Gasteiger partial charge in [0.25, 0.3) is 0 Å². The second-order valence-electron chi connectivity index (χ2n) is 6.59. The Labute approximate surface area is 173 Å². The van der Waals surface area contributed by atoms with Crippen molar-refractivity contribution in [2.75, 3.05) is 52.4 Å². The van der Waals surface area contributed by atoms with Crippen molar-refractivity contribution < 1.29 is 0 Å². The molecule has 0 bridgehead atoms. The molecular formula is C16H44N9P3. The van der Waals surface area contributed by atoms with Crippen molar-refractivity contribution >= 4 is 22.5 Å². The van der Waals surface area contributed by atoms with E-state index >= 15 is 0 Å². The van der Waals surface area contributed by atoms with Gasteiger partial charge in [-0.2, -0.15) is 13.5 Å². The van der Waals surface area contributed by atoms with E-state index in [9.17, 15) is 0 Å². The molecule has 12 heteroatoms. The van der Waals surface area contributed by atoms with Crippen molar-refractivity contribution in [2.45, 2.75) is 55.4 Å². The summed E-state index contributed by atoms with van der Waals surface area (Å²) < 4.78 is 25.1. The first-order valence-electron chi connectivity index (χ1n) is 10.7. The van der Waals surface area contributed by atoms with Crippen LogP contribution in [0.3, 0.4) is 0 Å². The summed E-state index contributed by atoms with van der Waals surface area (Å²) >= 11 is 0. The van der Waals surface area contributed by atoms with Crippen LogP contribution in [0.5, 0.6) is 0 Å². The predicted molar refractivity (Wildman–Crippen MR) is 128 cm³/mol. The molecule has 0 aromatic carbocycles. The quantitative estimate of drug-likeness (QED) is 0.396. The van der Waals surface area contributed by atoms with Gasteiger partial charge in [-0.1, -0.05) is 55.4 Å². The Hall–Kier alpha value is 0.450. The first kappa shape index (κ1) is 26.5. The third kappa shape index (κ3) is 5.01. The van der Waals surface area contributed by atoms with Crippen molar-refractivity contribution in [3.05, 3.63) is 0 Å². The predicted octanol–water partition coefficient (Wildman–Crippen LogP) is 5.12. The molecule has 0 aromatic heterocycles. The highest BCUT2D eigenvalue weighted by Gasteiger charge is 2.43. The Balaban J connectivity index is 4.07. The number of hydrogen-bond acceptors (Lipinski definition) is 9. The molecule has 2 unspecified atom stereocenters. The highest BCUT2D eigenvalue weighted by Crippen LogP contribution is 2.77. The topological polar surface area (TPSA) is 102 Å². The van der Waals surface area contributed by atoms with Gasteiger partial charge in [0.05, 0.1) is 0 Å². The molecule has 2 atom stereocenters. The highest BCUT2D eigenvalue weighted by molar-refractivity contribution is 7.83. The zero-order valence-corrected chi connectivity index (χ0v) is 22.0. The summed E-state index contributed by atoms with van der Waals surface area (Å²) in [5.41, 5.74) is 14.1. The van der Waals surface area contributed by atoms with Crippen molar-refractivity contribution in [2.24, 2.45) is 24.6 Å². The molecule has 4 N–H and O–H groups in total. The lowest BCUT2D eigenvalue weighted by molar-refractivity contribution is 0.413. The lowest BCUT2D eigenvalue weighted by atomic mass is 10.7. The largest absolute Gasteiger partial charge is 0.267 e. The van der Waals surface area contributed by atoms with Crippen LogP contribution in [0.2, 0.25) is 0 Å². The van der Waals surface area contributed by atoms with Crippen LogP contribution in [0.1, 0.15) is 55.4 Å². The number of nitrogens with two attached hydrogens (primary N) is 2. The van der Waals surface area contributed by atoms with E-state index in [1.807, 2.05) is 0 Å². The summed E-state index contributed by atoms with van der Waals surface area (Å²) in [5, 5.41) is 0. The van der Waals surface area contributed by atoms with Gasteiger partial charge in [-0.3, -0.25) is 11.0 Å². The van der Waals surface area contributed by atoms with E-state index in [0.717, 1.165) is 52.4 Å². The van der Waals surface area contributed by atoms with E-state index < -0.39 is 22.5 Å². The summed E-state index contributed by atoms with van der Waals surface area (Å²) in [4.78, 5) is 0. The molecule has 1 rings (SSSR count). The Kier molecular flexibility index (Phi) is 10.6. The average Bonchev–Trinajstić information content (AvgIpc) is 2.64. The van der Waals surface area contributed by atoms with Crippen molar-refractivity contribution in [1.29, 1.82) is 0 Å². The van der Waals surface area contributed by atoms with Crippen LogP contribution in [-0.4, -0.2) is 71.0 Å². The second-order valence-corrected chi connectivity index (χ2v) is 14.5. The lowest BCUT2D eigenvalue weighted by Gasteiger charge is -2.46. The molecule has 1 heterocycles. The third-order valence-corrected chi connectivity index (χ3v) is 16.9. The van der Waals surface area contributed by atoms with E-state index in [4.69, 9.17) is 24.6 Å². The van der Waals surface area contributed by atoms with Gasteiger partial charge in [0.1, 0.15) is 0 Å². The van der Waals surface area contributed by atoms with Gasteiger partial charge >= 0.3 is 0 Å². The monoisotopic (exact) mass is 455 g/mol. The Morgan fingerprint density at radius 2 is 0.750 bits per heavy atom. The van der Waals surface area contributed by atoms with Gasteiger partial charge in [0.2, 0.25) is 22.5 Å². The lowest BCUT2D eigenvalue weighted by Crippen LogP contribution is -2.35. The molecule has 0 saturated heterocycles. The van der Waals surface area contributed by atoms with Gasteiger partial charge in [-0.25, -0.2) is 18.7 Å². The van der Waals surface area contributed by atoms with Crippen LogP contribution in [0.25, 0.3) is 0 Å². The Morgan fingerprint density at radius 1 is 0.464 bits per heavy atom. The van der Waals surface area contributed by atoms with Crippen molar-refractivity contribution in [3.63, 3.8) is 0 Å². The summed E-state index contributed by atoms with van der Waals surface area (Å²) in [6.07, 6.45) is 0. The van der Waals surface area contributed by atoms with Crippen molar-refractivity contribution in [3.8, 4) is 0 Å². The normalized spacial score (nSPS) is 27.2. The molecule has 1 aliphatic heterocycles. The van der Waals surface area contributed by atoms with Gasteiger partial charge < -0.3 is 0 Å². The van der Waals surface area contributed by atoms with Crippen LogP contribution >= 0.6 is 22.5 Å². The van der Waals surface area contributed by atoms with Crippen molar-refractivity contribution in [1.82, 2.24) is 18.7 Å². The summed E-state index contributed by atoms with van der Waals surface area (Å²) in [5.74, 6) is 0. The molecule has 9 nitrogen and oxygen atoms in total. The maximum Gasteiger partial charge on any atom is 0.221 e. The molecule has 0 aromatic rings. The van der Waals surface area contributed by atoms with Gasteiger partial charge in [0, 0.05) is 52.4 Å². The minimum absolute atomic E-state index is 0.808. The molecule has 0 fully saturated rings. The van der Waals surface area contributed by atoms with E-state index in [0.29, 0.717) is 0 Å². The molecule has 28 heavy (non-hydrogen) atoms. The standard InChI is InChI=1S/C16H44N9P3/c1-9-22(10-2)26(17)19-27(18,23(11-3)12-4)21-28(20-26,24(13-5)14-6)25(15-7)16-8/h9-18H2,1-8H3. The SMILES string of the molecule is CCN(CC)P1(N)=NP(N)(N(CC)CC)=NP(N(CC)CC)(N(CC)CC)=N1. The van der Waals surface area contributed by atoms with Gasteiger partial charge in [-0.05, 0) is 0 Å². The fourth-order valence-corrected chi connectivity index (χ4v) is 16.7. The molecular weight excluding hydrogens is 411 g/mol. The fraction of sp³-hybridized carbons (Fsp3) is 1.00. The van der Waals surface area contributed by atoms with Crippen LogP contribution in [0.15, 0.2) is 13.5 Å². The fourth-order valence-electron chi connectivity index (χ4n) is 3.72. The van der Waals surface area contributed by atoms with E-state index in [1.54, 1.807) is 0 Å². The summed E-state index contributed by atoms with van der Waals surface area (Å²) in [7, 11) is -7.66. The van der Waals surface area contributed by atoms with Crippen LogP contribution in [-0.2, 0) is 0 Å². The molecule has 0 radical (unpaired) electrons. The third-order valence-electron chi connectivity index (χ3n) is 5.28. The molecule has 168 valence electrons. The Bertz CT molecular complexity index is 614. The number of rotatable bonds is 12. The smallest absolute Gasteiger partial charge is 0.221 e. The minimum atomic E-state index is -2.62. The maximum atomic E-state index is 7.06. The van der Waals surface area contributed by atoms with E-state index in [2.05, 4.69) is 74.1 Å². The second kappa shape index (κ2) is 11.2. The molecule has 0 spiro atoms. The molecule has 0 aliphatic carbocycles. The summed E-state index contributed by atoms with van der Waals surface area (Å²) in [6.45, 7) is 23.9. The maximum absolute atomic E-state index is 7.06. The first-order chi connectivity index (χ1) is 13.2. The Morgan fingerprint density at radius 3 is 1.04 bits per heavy atom. The van der Waals surface area contributed by atoms with Crippen LogP contribution in [0.4, 0.5) is 0 Å². The number of nitrogens with zero attached hydrogens (tertiary/aromatic N) is 7. The molecule has 0 amide bonds. The van der Waals surface area contributed by atoms with E-state index in [1.165, 1.54) is 0 Å². The number of hydrogen-bond donors (Lipinski definition) is 2. The highest BCUT2D eigenvalue weighted by atomic mass is 31.3. The molecule has 0 saturated carbocycles. The summed E-state index contributed by atoms with van der Waals surface area (Å²) in [6, 6.07) is 0. The zero-order chi connectivity index (χ0) is 21.6. The molecule has 1 aliphatic rings. The first-order valence-corrected chi connectivity index (χ1v) is 15.7. The van der Waals surface area contributed by atoms with E-state index in [-0.39, 0.29) is 0 Å². The minimum Gasteiger partial charge on any atom is -0.267 e. The van der Waals surface area contributed by atoms with Gasteiger partial charge in [-0.15, -0.1) is 0 Å². The zero-order valence-electron chi connectivity index (χ0n) is 19.3. The van der Waals surface area contributed by atoms with Crippen LogP contribution in [0, 0.1) is 0 Å².